The molecule has 9 heteroatoms. The molecule has 1 N–H and O–H groups in total. The molecule has 1 rings (SSSR count). The van der Waals surface area contributed by atoms with Crippen LogP contribution in [0.25, 0.3) is 0 Å². The first kappa shape index (κ1) is 19.1. The van der Waals surface area contributed by atoms with Crippen molar-refractivity contribution in [1.82, 2.24) is 0 Å². The number of hydrogen-bond donors (Lipinski definition) is 1. The van der Waals surface area contributed by atoms with Crippen LogP contribution in [0.1, 0.15) is 12.5 Å². The number of hydrogen-bond acceptors (Lipinski definition) is 6. The molecule has 1 aromatic rings. The summed E-state index contributed by atoms with van der Waals surface area (Å²) >= 11 is 0. The topological polar surface area (TPSA) is 116 Å². The molecule has 0 spiro atoms. The van der Waals surface area contributed by atoms with E-state index in [-0.39, 0.29) is 53.2 Å². The molecule has 1 aromatic carbocycles. The first-order valence-corrected chi connectivity index (χ1v) is 6.83. The Balaban J connectivity index is 0.00000361. The first-order chi connectivity index (χ1) is 8.78. The van der Waals surface area contributed by atoms with Gasteiger partial charge in [-0.15, -0.1) is 0 Å². The Hall–Kier alpha value is -0.930. The number of ether oxygens (including phenoxy) is 1. The summed E-state index contributed by atoms with van der Waals surface area (Å²) < 4.78 is 34.2. The Morgan fingerprint density at radius 2 is 2.15 bits per heavy atom. The van der Waals surface area contributed by atoms with E-state index in [1.165, 1.54) is 31.3 Å². The van der Waals surface area contributed by atoms with Gasteiger partial charge in [0.25, 0.3) is 10.1 Å². The van der Waals surface area contributed by atoms with Crippen molar-refractivity contribution in [3.63, 3.8) is 0 Å². The molecule has 0 unspecified atom stereocenters. The summed E-state index contributed by atoms with van der Waals surface area (Å²) in [6.07, 6.45) is 1.17. The average Bonchev–Trinajstić information content (AvgIpc) is 2.26. The Labute approximate surface area is 138 Å². The number of nitrogens with zero attached hydrogens (tertiary/aromatic N) is 1. The number of rotatable bonds is 5. The van der Waals surface area contributed by atoms with Gasteiger partial charge in [-0.05, 0) is 17.7 Å². The van der Waals surface area contributed by atoms with Gasteiger partial charge in [-0.3, -0.25) is 14.3 Å². The van der Waals surface area contributed by atoms with Crippen LogP contribution in [0.4, 0.5) is 0 Å². The number of esters is 1. The predicted octanol–water partition coefficient (Wildman–Crippen LogP) is -3.00. The maximum atomic E-state index is 11.4. The third-order valence-corrected chi connectivity index (χ3v) is 2.65. The van der Waals surface area contributed by atoms with Crippen LogP contribution in [-0.4, -0.2) is 37.5 Å². The molecule has 0 aliphatic carbocycles. The minimum absolute atomic E-state index is 0. The van der Waals surface area contributed by atoms with Gasteiger partial charge in [0.15, 0.2) is 0 Å². The second kappa shape index (κ2) is 8.38. The largest absolute Gasteiger partial charge is 1.00 e. The third-order valence-electron chi connectivity index (χ3n) is 1.95. The second-order valence-corrected chi connectivity index (χ2v) is 5.19. The van der Waals surface area contributed by atoms with Gasteiger partial charge in [0, 0.05) is 13.1 Å². The smallest absolute Gasteiger partial charge is 0.872 e. The number of benzene rings is 1. The maximum Gasteiger partial charge on any atom is 1.00 e. The van der Waals surface area contributed by atoms with E-state index >= 15 is 0 Å². The molecule has 0 aromatic heterocycles. The molecule has 0 atom stereocenters. The summed E-state index contributed by atoms with van der Waals surface area (Å²) in [6.45, 7) is 1.06. The van der Waals surface area contributed by atoms with Crippen LogP contribution < -0.4 is 39.4 Å². The number of carbonyl (C=O) groups is 1. The van der Waals surface area contributed by atoms with Crippen LogP contribution in [0.15, 0.2) is 23.2 Å². The molecule has 0 aliphatic rings. The molecule has 0 radical (unpaired) electrons. The molecule has 0 saturated carbocycles. The Morgan fingerprint density at radius 3 is 2.70 bits per heavy atom. The standard InChI is InChI=1S/C11H13NO6S.Na/c1-8(13)18-10-2-3-11(14)9(6-10)7-12-4-5-19(15,16)17;/h2-3,6-7,14H,4-5H2,1H3,(H,15,16,17);/q;+1/p-1. The summed E-state index contributed by atoms with van der Waals surface area (Å²) in [4.78, 5) is 14.5. The van der Waals surface area contributed by atoms with Crippen LogP contribution >= 0.6 is 0 Å². The zero-order chi connectivity index (χ0) is 14.5. The van der Waals surface area contributed by atoms with Crippen molar-refractivity contribution in [3.05, 3.63) is 23.8 Å². The van der Waals surface area contributed by atoms with Crippen LogP contribution in [0.2, 0.25) is 0 Å². The summed E-state index contributed by atoms with van der Waals surface area (Å²) in [7, 11) is -4.07. The molecule has 0 heterocycles. The molecule has 0 saturated heterocycles. The van der Waals surface area contributed by atoms with Crippen molar-refractivity contribution < 1.29 is 57.2 Å². The monoisotopic (exact) mass is 309 g/mol. The van der Waals surface area contributed by atoms with E-state index in [2.05, 4.69) is 4.99 Å². The van der Waals surface area contributed by atoms with Crippen molar-refractivity contribution in [2.24, 2.45) is 4.99 Å². The Kier molecular flexibility index (Phi) is 7.99. The summed E-state index contributed by atoms with van der Waals surface area (Å²) in [5.41, 5.74) is 0.161. The van der Waals surface area contributed by atoms with Crippen molar-refractivity contribution in [2.45, 2.75) is 6.92 Å². The van der Waals surface area contributed by atoms with E-state index in [9.17, 15) is 18.3 Å². The van der Waals surface area contributed by atoms with Crippen LogP contribution in [0, 0.1) is 0 Å². The third kappa shape index (κ3) is 7.61. The molecule has 7 nitrogen and oxygen atoms in total. The normalized spacial score (nSPS) is 11.1. The van der Waals surface area contributed by atoms with Gasteiger partial charge < -0.3 is 9.84 Å². The number of aliphatic imine (C=N–C) groups is 1. The Morgan fingerprint density at radius 1 is 1.50 bits per heavy atom. The van der Waals surface area contributed by atoms with Gasteiger partial charge in [-0.2, -0.15) is 8.42 Å². The van der Waals surface area contributed by atoms with Gasteiger partial charge in [-0.25, -0.2) is 0 Å². The fourth-order valence-electron chi connectivity index (χ4n) is 1.19. The Bertz CT molecular complexity index is 599. The van der Waals surface area contributed by atoms with Crippen LogP contribution in [0.5, 0.6) is 11.5 Å². The molecular weight excluding hydrogens is 297 g/mol. The van der Waals surface area contributed by atoms with Crippen LogP contribution in [0.3, 0.4) is 0 Å². The minimum Gasteiger partial charge on any atom is -0.872 e. The summed E-state index contributed by atoms with van der Waals surface area (Å²) in [5.74, 6) is -1.19. The minimum atomic E-state index is -4.07. The first-order valence-electron chi connectivity index (χ1n) is 5.22. The van der Waals surface area contributed by atoms with Gasteiger partial charge in [0.05, 0.1) is 12.3 Å². The molecule has 0 amide bonds. The van der Waals surface area contributed by atoms with Crippen molar-refractivity contribution in [1.29, 1.82) is 0 Å². The van der Waals surface area contributed by atoms with Gasteiger partial charge >= 0.3 is 35.5 Å². The van der Waals surface area contributed by atoms with Gasteiger partial charge in [0.1, 0.15) is 5.75 Å². The molecule has 20 heavy (non-hydrogen) atoms. The zero-order valence-electron chi connectivity index (χ0n) is 11.1. The molecule has 104 valence electrons. The zero-order valence-corrected chi connectivity index (χ0v) is 13.9. The fraction of sp³-hybridized carbons (Fsp3) is 0.273. The predicted molar refractivity (Wildman–Crippen MR) is 66.1 cm³/mol. The second-order valence-electron chi connectivity index (χ2n) is 3.61. The van der Waals surface area contributed by atoms with E-state index in [1.54, 1.807) is 0 Å². The van der Waals surface area contributed by atoms with Gasteiger partial charge in [0.2, 0.25) is 0 Å². The number of carbonyl (C=O) groups excluding carboxylic acids is 1. The van der Waals surface area contributed by atoms with E-state index in [4.69, 9.17) is 9.29 Å². The van der Waals surface area contributed by atoms with E-state index in [0.717, 1.165) is 0 Å². The van der Waals surface area contributed by atoms with Crippen molar-refractivity contribution in [3.8, 4) is 11.5 Å². The maximum absolute atomic E-state index is 11.4. The van der Waals surface area contributed by atoms with Crippen molar-refractivity contribution >= 4 is 22.3 Å². The molecule has 0 fully saturated rings. The van der Waals surface area contributed by atoms with Crippen molar-refractivity contribution in [2.75, 3.05) is 12.3 Å². The SMILES string of the molecule is CC(=O)Oc1ccc([O-])c(C=NCCS(=O)(=O)O)c1.[Na+]. The van der Waals surface area contributed by atoms with E-state index in [1.807, 2.05) is 0 Å². The van der Waals surface area contributed by atoms with Gasteiger partial charge in [-0.1, -0.05) is 11.8 Å². The fourth-order valence-corrected chi connectivity index (χ4v) is 1.52. The summed E-state index contributed by atoms with van der Waals surface area (Å²) in [5, 5.41) is 11.4. The average molecular weight is 309 g/mol. The summed E-state index contributed by atoms with van der Waals surface area (Å²) in [6, 6.07) is 3.88. The van der Waals surface area contributed by atoms with Crippen LogP contribution in [-0.2, 0) is 14.9 Å². The quantitative estimate of drug-likeness (QED) is 0.204. The molecule has 0 aliphatic heterocycles. The van der Waals surface area contributed by atoms with E-state index in [0.29, 0.717) is 0 Å². The molecule has 0 bridgehead atoms. The van der Waals surface area contributed by atoms with E-state index < -0.39 is 21.8 Å². The molecular formula is C11H12NNaO6S.